The molecular weight excluding hydrogens is 284 g/mol. The topological polar surface area (TPSA) is 75.8 Å². The maximum Gasteiger partial charge on any atom is 0.269 e. The minimum absolute atomic E-state index is 0.0253. The molecule has 122 valence electrons. The van der Waals surface area contributed by atoms with E-state index in [0.717, 1.165) is 38.9 Å². The van der Waals surface area contributed by atoms with E-state index in [-0.39, 0.29) is 17.7 Å². The quantitative estimate of drug-likeness (QED) is 0.476. The van der Waals surface area contributed by atoms with E-state index in [1.165, 1.54) is 12.1 Å². The molecule has 0 radical (unpaired) electrons. The zero-order chi connectivity index (χ0) is 16.0. The lowest BCUT2D eigenvalue weighted by Crippen LogP contribution is -2.44. The fraction of sp³-hybridized carbons (Fsp3) is 0.625. The van der Waals surface area contributed by atoms with Gasteiger partial charge in [-0.05, 0) is 37.9 Å². The smallest absolute Gasteiger partial charge is 0.269 e. The third kappa shape index (κ3) is 4.68. The summed E-state index contributed by atoms with van der Waals surface area (Å²) < 4.78 is 5.61. The zero-order valence-electron chi connectivity index (χ0n) is 13.0. The van der Waals surface area contributed by atoms with E-state index in [2.05, 4.69) is 11.8 Å². The fourth-order valence-corrected chi connectivity index (χ4v) is 2.89. The standard InChI is InChI=1S/C16H24N2O4/c1-16(13-19)8-2-9-17(12-16)10-3-11-22-15-6-4-14(5-7-15)18(20)21/h4-7,19H,2-3,8-13H2,1H3. The largest absolute Gasteiger partial charge is 0.494 e. The van der Waals surface area contributed by atoms with Crippen LogP contribution in [0.25, 0.3) is 0 Å². The Morgan fingerprint density at radius 2 is 2.14 bits per heavy atom. The van der Waals surface area contributed by atoms with Gasteiger partial charge >= 0.3 is 0 Å². The Hall–Kier alpha value is -1.66. The number of nitro groups is 1. The van der Waals surface area contributed by atoms with Crippen molar-refractivity contribution in [3.8, 4) is 5.75 Å². The number of aliphatic hydroxyl groups is 1. The van der Waals surface area contributed by atoms with Crippen LogP contribution < -0.4 is 4.74 Å². The van der Waals surface area contributed by atoms with Crippen molar-refractivity contribution in [1.82, 2.24) is 4.90 Å². The Bertz CT molecular complexity index is 491. The molecule has 1 N–H and O–H groups in total. The SMILES string of the molecule is CC1(CO)CCCN(CCCOc2ccc([N+](=O)[O-])cc2)C1. The van der Waals surface area contributed by atoms with Crippen molar-refractivity contribution in [2.45, 2.75) is 26.2 Å². The Morgan fingerprint density at radius 1 is 1.41 bits per heavy atom. The summed E-state index contributed by atoms with van der Waals surface area (Å²) in [6.07, 6.45) is 3.11. The van der Waals surface area contributed by atoms with Crippen molar-refractivity contribution in [1.29, 1.82) is 0 Å². The maximum atomic E-state index is 10.6. The molecule has 1 unspecified atom stereocenters. The van der Waals surface area contributed by atoms with Gasteiger partial charge in [0.2, 0.25) is 0 Å². The number of benzene rings is 1. The maximum absolute atomic E-state index is 10.6. The fourth-order valence-electron chi connectivity index (χ4n) is 2.89. The van der Waals surface area contributed by atoms with Crippen LogP contribution >= 0.6 is 0 Å². The first-order valence-electron chi connectivity index (χ1n) is 7.73. The van der Waals surface area contributed by atoms with Crippen molar-refractivity contribution in [3.63, 3.8) is 0 Å². The summed E-state index contributed by atoms with van der Waals surface area (Å²) >= 11 is 0. The van der Waals surface area contributed by atoms with Gasteiger partial charge in [-0.15, -0.1) is 0 Å². The molecule has 1 aliphatic rings. The van der Waals surface area contributed by atoms with E-state index in [1.807, 2.05) is 0 Å². The van der Waals surface area contributed by atoms with Crippen LogP contribution in [0, 0.1) is 15.5 Å². The van der Waals surface area contributed by atoms with Gasteiger partial charge in [0.15, 0.2) is 0 Å². The van der Waals surface area contributed by atoms with Gasteiger partial charge < -0.3 is 14.7 Å². The first-order valence-corrected chi connectivity index (χ1v) is 7.73. The van der Waals surface area contributed by atoms with E-state index in [9.17, 15) is 15.2 Å². The lowest BCUT2D eigenvalue weighted by atomic mass is 9.83. The molecule has 0 aromatic heterocycles. The molecule has 0 amide bonds. The predicted octanol–water partition coefficient (Wildman–Crippen LogP) is 2.46. The number of nitrogens with zero attached hydrogens (tertiary/aromatic N) is 2. The van der Waals surface area contributed by atoms with Crippen molar-refractivity contribution in [2.24, 2.45) is 5.41 Å². The van der Waals surface area contributed by atoms with Crippen LogP contribution in [0.15, 0.2) is 24.3 Å². The molecule has 1 aromatic rings. The van der Waals surface area contributed by atoms with Crippen molar-refractivity contribution < 1.29 is 14.8 Å². The van der Waals surface area contributed by atoms with Crippen LogP contribution in [0.1, 0.15) is 26.2 Å². The van der Waals surface area contributed by atoms with Gasteiger partial charge in [0.1, 0.15) is 5.75 Å². The van der Waals surface area contributed by atoms with Crippen LogP contribution in [0.2, 0.25) is 0 Å². The van der Waals surface area contributed by atoms with Gasteiger partial charge in [-0.25, -0.2) is 0 Å². The van der Waals surface area contributed by atoms with Gasteiger partial charge in [0, 0.05) is 37.2 Å². The van der Waals surface area contributed by atoms with Crippen LogP contribution in [0.3, 0.4) is 0 Å². The molecule has 1 heterocycles. The number of ether oxygens (including phenoxy) is 1. The first kappa shape index (κ1) is 16.7. The van der Waals surface area contributed by atoms with Crippen LogP contribution in [0.5, 0.6) is 5.75 Å². The summed E-state index contributed by atoms with van der Waals surface area (Å²) in [6, 6.07) is 6.16. The molecule has 1 fully saturated rings. The first-order chi connectivity index (χ1) is 10.5. The number of rotatable bonds is 7. The highest BCUT2D eigenvalue weighted by Crippen LogP contribution is 2.28. The molecule has 1 aromatic carbocycles. The van der Waals surface area contributed by atoms with E-state index in [4.69, 9.17) is 4.74 Å². The van der Waals surface area contributed by atoms with E-state index in [0.29, 0.717) is 12.4 Å². The molecule has 22 heavy (non-hydrogen) atoms. The average Bonchev–Trinajstić information content (AvgIpc) is 2.52. The summed E-state index contributed by atoms with van der Waals surface area (Å²) in [5, 5.41) is 20.0. The second kappa shape index (κ2) is 7.56. The highest BCUT2D eigenvalue weighted by molar-refractivity contribution is 5.35. The minimum Gasteiger partial charge on any atom is -0.494 e. The second-order valence-electron chi connectivity index (χ2n) is 6.30. The molecule has 6 heteroatoms. The third-order valence-electron chi connectivity index (χ3n) is 4.18. The Labute approximate surface area is 130 Å². The number of hydrogen-bond donors (Lipinski definition) is 1. The number of aliphatic hydroxyl groups excluding tert-OH is 1. The molecule has 0 aliphatic carbocycles. The third-order valence-corrected chi connectivity index (χ3v) is 4.18. The number of hydrogen-bond acceptors (Lipinski definition) is 5. The monoisotopic (exact) mass is 308 g/mol. The Morgan fingerprint density at radius 3 is 2.77 bits per heavy atom. The summed E-state index contributed by atoms with van der Waals surface area (Å²) in [4.78, 5) is 12.5. The van der Waals surface area contributed by atoms with Crippen LogP contribution in [-0.2, 0) is 0 Å². The average molecular weight is 308 g/mol. The van der Waals surface area contributed by atoms with Gasteiger partial charge in [0.25, 0.3) is 5.69 Å². The molecule has 0 spiro atoms. The van der Waals surface area contributed by atoms with Crippen molar-refractivity contribution in [2.75, 3.05) is 32.8 Å². The minimum atomic E-state index is -0.418. The van der Waals surface area contributed by atoms with Gasteiger partial charge in [-0.2, -0.15) is 0 Å². The summed E-state index contributed by atoms with van der Waals surface area (Å²) in [6.45, 7) is 5.91. The molecule has 0 saturated carbocycles. The molecule has 1 aliphatic heterocycles. The number of nitro benzene ring substituents is 1. The normalized spacial score (nSPS) is 22.5. The number of likely N-dealkylation sites (tertiary alicyclic amines) is 1. The molecule has 6 nitrogen and oxygen atoms in total. The summed E-state index contributed by atoms with van der Waals surface area (Å²) in [5.41, 5.74) is 0.0984. The molecule has 1 saturated heterocycles. The van der Waals surface area contributed by atoms with Gasteiger partial charge in [-0.1, -0.05) is 6.92 Å². The van der Waals surface area contributed by atoms with Gasteiger partial charge in [-0.3, -0.25) is 10.1 Å². The molecule has 0 bridgehead atoms. The Balaban J connectivity index is 1.69. The molecule has 1 atom stereocenters. The van der Waals surface area contributed by atoms with Crippen molar-refractivity contribution in [3.05, 3.63) is 34.4 Å². The lowest BCUT2D eigenvalue weighted by Gasteiger charge is -2.39. The molecular formula is C16H24N2O4. The second-order valence-corrected chi connectivity index (χ2v) is 6.30. The van der Waals surface area contributed by atoms with Crippen LogP contribution in [-0.4, -0.2) is 47.8 Å². The Kier molecular flexibility index (Phi) is 5.74. The highest BCUT2D eigenvalue weighted by Gasteiger charge is 2.29. The zero-order valence-corrected chi connectivity index (χ0v) is 13.0. The van der Waals surface area contributed by atoms with E-state index >= 15 is 0 Å². The van der Waals surface area contributed by atoms with E-state index < -0.39 is 4.92 Å². The van der Waals surface area contributed by atoms with E-state index in [1.54, 1.807) is 12.1 Å². The summed E-state index contributed by atoms with van der Waals surface area (Å²) in [5.74, 6) is 0.657. The predicted molar refractivity (Wildman–Crippen MR) is 84.1 cm³/mol. The highest BCUT2D eigenvalue weighted by atomic mass is 16.6. The number of non-ortho nitro benzene ring substituents is 1. The van der Waals surface area contributed by atoms with Crippen molar-refractivity contribution >= 4 is 5.69 Å². The molecule has 2 rings (SSSR count). The summed E-state index contributed by atoms with van der Waals surface area (Å²) in [7, 11) is 0. The van der Waals surface area contributed by atoms with Crippen LogP contribution in [0.4, 0.5) is 5.69 Å². The lowest BCUT2D eigenvalue weighted by molar-refractivity contribution is -0.384. The van der Waals surface area contributed by atoms with Gasteiger partial charge in [0.05, 0.1) is 11.5 Å². The number of piperidine rings is 1.